The van der Waals surface area contributed by atoms with Gasteiger partial charge in [0.2, 0.25) is 0 Å². The second-order valence-corrected chi connectivity index (χ2v) is 4.04. The highest BCUT2D eigenvalue weighted by Gasteiger charge is 2.13. The molecule has 0 N–H and O–H groups in total. The third kappa shape index (κ3) is 4.03. The Balaban J connectivity index is 0.00000196. The summed E-state index contributed by atoms with van der Waals surface area (Å²) in [6.07, 6.45) is 2.10. The molecule has 0 saturated carbocycles. The van der Waals surface area contributed by atoms with Gasteiger partial charge in [-0.3, -0.25) is 0 Å². The number of nitrogens with zero attached hydrogens (tertiary/aromatic N) is 2. The molecule has 0 bridgehead atoms. The van der Waals surface area contributed by atoms with Crippen molar-refractivity contribution in [1.29, 1.82) is 0 Å². The molecule has 2 nitrogen and oxygen atoms in total. The van der Waals surface area contributed by atoms with Gasteiger partial charge in [-0.1, -0.05) is 30.0 Å². The van der Waals surface area contributed by atoms with E-state index in [1.165, 1.54) is 10.6 Å². The zero-order valence-corrected chi connectivity index (χ0v) is 12.5. The number of halogens is 1. The zero-order valence-electron chi connectivity index (χ0n) is 9.57. The second-order valence-electron chi connectivity index (χ2n) is 3.25. The fourth-order valence-electron chi connectivity index (χ4n) is 1.20. The molecule has 0 fully saturated rings. The first-order valence-electron chi connectivity index (χ1n) is 4.54. The van der Waals surface area contributed by atoms with Gasteiger partial charge in [0.15, 0.2) is 7.05 Å². The monoisotopic (exact) mass is 336 g/mol. The van der Waals surface area contributed by atoms with E-state index < -0.39 is 0 Å². The van der Waals surface area contributed by atoms with Gasteiger partial charge in [0.1, 0.15) is 0 Å². The maximum atomic E-state index is 2.14. The van der Waals surface area contributed by atoms with Gasteiger partial charge in [0, 0.05) is 0 Å². The minimum atomic E-state index is 0. The van der Waals surface area contributed by atoms with Crippen LogP contribution >= 0.6 is 11.8 Å². The van der Waals surface area contributed by atoms with Crippen molar-refractivity contribution in [3.05, 3.63) is 35.9 Å². The Labute approximate surface area is 113 Å². The Hall–Kier alpha value is -0.230. The highest BCUT2D eigenvalue weighted by atomic mass is 127. The lowest BCUT2D eigenvalue weighted by Crippen LogP contribution is -3.00. The number of hydrogen-bond donors (Lipinski definition) is 0. The maximum absolute atomic E-state index is 2.14. The molecule has 4 heteroatoms. The van der Waals surface area contributed by atoms with Crippen molar-refractivity contribution in [1.82, 2.24) is 5.01 Å². The minimum Gasteiger partial charge on any atom is -1.00 e. The number of hydrazone groups is 1. The highest BCUT2D eigenvalue weighted by Crippen LogP contribution is 2.10. The smallest absolute Gasteiger partial charge is 0.270 e. The number of thioether (sulfide) groups is 1. The molecule has 1 aromatic rings. The fraction of sp³-hybridized carbons (Fsp3) is 0.364. The summed E-state index contributed by atoms with van der Waals surface area (Å²) in [6.45, 7) is 0. The third-order valence-electron chi connectivity index (χ3n) is 2.11. The standard InChI is InChI=1S/C11H17N2S.HI/c1-12(2)13(3)11(14-4)10-8-6-5-7-9-10;/h5-9H,1-4H3;1H/q+1;/p-1/b13-11-;. The molecule has 0 spiro atoms. The van der Waals surface area contributed by atoms with E-state index >= 15 is 0 Å². The summed E-state index contributed by atoms with van der Waals surface area (Å²) in [4.78, 5) is 0. The normalized spacial score (nSPS) is 11.5. The highest BCUT2D eigenvalue weighted by molar-refractivity contribution is 8.13. The van der Waals surface area contributed by atoms with Crippen LogP contribution in [0, 0.1) is 0 Å². The Bertz CT molecular complexity index is 323. The van der Waals surface area contributed by atoms with E-state index in [4.69, 9.17) is 0 Å². The molecule has 0 aromatic heterocycles. The summed E-state index contributed by atoms with van der Waals surface area (Å²) >= 11 is 1.76. The van der Waals surface area contributed by atoms with Crippen molar-refractivity contribution in [3.8, 4) is 0 Å². The molecule has 0 saturated heterocycles. The maximum Gasteiger partial charge on any atom is 0.270 e. The first-order chi connectivity index (χ1) is 6.66. The topological polar surface area (TPSA) is 6.25 Å². The molecule has 84 valence electrons. The van der Waals surface area contributed by atoms with E-state index in [0.29, 0.717) is 0 Å². The molecule has 15 heavy (non-hydrogen) atoms. The van der Waals surface area contributed by atoms with Crippen molar-refractivity contribution in [2.75, 3.05) is 27.4 Å². The van der Waals surface area contributed by atoms with Crippen molar-refractivity contribution in [2.45, 2.75) is 0 Å². The molecule has 0 heterocycles. The summed E-state index contributed by atoms with van der Waals surface area (Å²) < 4.78 is 2.14. The average molecular weight is 336 g/mol. The predicted molar refractivity (Wildman–Crippen MR) is 63.9 cm³/mol. The first-order valence-corrected chi connectivity index (χ1v) is 5.76. The van der Waals surface area contributed by atoms with Crippen molar-refractivity contribution >= 4 is 16.8 Å². The third-order valence-corrected chi connectivity index (χ3v) is 2.99. The van der Waals surface area contributed by atoms with Crippen LogP contribution < -0.4 is 24.0 Å². The Morgan fingerprint density at radius 1 is 1.20 bits per heavy atom. The van der Waals surface area contributed by atoms with Crippen molar-refractivity contribution < 1.29 is 28.7 Å². The van der Waals surface area contributed by atoms with Gasteiger partial charge in [0.05, 0.1) is 19.7 Å². The quantitative estimate of drug-likeness (QED) is 0.223. The molecular weight excluding hydrogens is 319 g/mol. The molecule has 0 amide bonds. The van der Waals surface area contributed by atoms with Gasteiger partial charge in [0.25, 0.3) is 5.04 Å². The van der Waals surface area contributed by atoms with Crippen LogP contribution in [0.5, 0.6) is 0 Å². The number of hydrazine groups is 1. The largest absolute Gasteiger partial charge is 1.00 e. The SMILES string of the molecule is CS/C(c1ccccc1)=[N+](/C)N(C)C.[I-]. The van der Waals surface area contributed by atoms with Gasteiger partial charge >= 0.3 is 0 Å². The van der Waals surface area contributed by atoms with E-state index in [1.807, 2.05) is 20.2 Å². The fourth-order valence-corrected chi connectivity index (χ4v) is 2.00. The van der Waals surface area contributed by atoms with Crippen molar-refractivity contribution in [2.24, 2.45) is 0 Å². The van der Waals surface area contributed by atoms with E-state index in [0.717, 1.165) is 0 Å². The summed E-state index contributed by atoms with van der Waals surface area (Å²) in [5.41, 5.74) is 1.26. The summed E-state index contributed by atoms with van der Waals surface area (Å²) in [6, 6.07) is 10.4. The second kappa shape index (κ2) is 7.11. The minimum absolute atomic E-state index is 0. The van der Waals surface area contributed by atoms with Crippen LogP contribution in [0.3, 0.4) is 0 Å². The average Bonchev–Trinajstić information content (AvgIpc) is 2.20. The molecule has 1 aromatic carbocycles. The van der Waals surface area contributed by atoms with Crippen LogP contribution in [0.15, 0.2) is 30.3 Å². The Kier molecular flexibility index (Phi) is 7.00. The van der Waals surface area contributed by atoms with Gasteiger partial charge in [-0.05, 0) is 18.4 Å². The van der Waals surface area contributed by atoms with E-state index in [-0.39, 0.29) is 24.0 Å². The van der Waals surface area contributed by atoms with Gasteiger partial charge < -0.3 is 24.0 Å². The molecule has 1 rings (SSSR count). The molecule has 0 aliphatic carbocycles. The summed E-state index contributed by atoms with van der Waals surface area (Å²) in [7, 11) is 6.15. The van der Waals surface area contributed by atoms with Gasteiger partial charge in [-0.25, -0.2) is 0 Å². The molecule has 0 aliphatic rings. The molecule has 0 radical (unpaired) electrons. The lowest BCUT2D eigenvalue weighted by molar-refractivity contribution is -0.652. The number of hydrogen-bond acceptors (Lipinski definition) is 2. The van der Waals surface area contributed by atoms with E-state index in [9.17, 15) is 0 Å². The number of benzene rings is 1. The van der Waals surface area contributed by atoms with Gasteiger partial charge in [-0.2, -0.15) is 5.01 Å². The van der Waals surface area contributed by atoms with Crippen LogP contribution in [-0.2, 0) is 0 Å². The lowest BCUT2D eigenvalue weighted by Gasteiger charge is -2.10. The molecular formula is C11H17IN2S. The Morgan fingerprint density at radius 3 is 2.13 bits per heavy atom. The number of rotatable bonds is 2. The van der Waals surface area contributed by atoms with Crippen molar-refractivity contribution in [3.63, 3.8) is 0 Å². The zero-order chi connectivity index (χ0) is 10.6. The van der Waals surface area contributed by atoms with Crippen LogP contribution in [0.4, 0.5) is 0 Å². The van der Waals surface area contributed by atoms with Crippen LogP contribution in [0.1, 0.15) is 5.56 Å². The lowest BCUT2D eigenvalue weighted by atomic mass is 10.2. The van der Waals surface area contributed by atoms with E-state index in [2.05, 4.69) is 47.3 Å². The summed E-state index contributed by atoms with van der Waals surface area (Å²) in [5.74, 6) is 0. The first kappa shape index (κ1) is 14.8. The molecule has 0 aliphatic heterocycles. The van der Waals surface area contributed by atoms with E-state index in [1.54, 1.807) is 11.8 Å². The predicted octanol–water partition coefficient (Wildman–Crippen LogP) is -1.08. The van der Waals surface area contributed by atoms with Crippen LogP contribution in [0.2, 0.25) is 0 Å². The molecule has 0 atom stereocenters. The van der Waals surface area contributed by atoms with Crippen LogP contribution in [0.25, 0.3) is 0 Å². The summed E-state index contributed by atoms with van der Waals surface area (Å²) in [5, 5.41) is 3.33. The van der Waals surface area contributed by atoms with Gasteiger partial charge in [-0.15, -0.1) is 4.68 Å². The molecule has 0 unspecified atom stereocenters. The van der Waals surface area contributed by atoms with Crippen LogP contribution in [-0.4, -0.2) is 42.1 Å². The Morgan fingerprint density at radius 2 is 1.73 bits per heavy atom.